The fraction of sp³-hybridized carbons (Fsp3) is 0.304. The number of carbonyl (C=O) groups excluding carboxylic acids is 2. The molecule has 0 aromatic heterocycles. The first kappa shape index (κ1) is 20.0. The van der Waals surface area contributed by atoms with Crippen LogP contribution in [0.25, 0.3) is 6.08 Å². The van der Waals surface area contributed by atoms with Crippen molar-refractivity contribution in [2.75, 3.05) is 5.32 Å². The Labute approximate surface area is 180 Å². The molecular formula is C23H23ClN2O2S. The van der Waals surface area contributed by atoms with Crippen LogP contribution in [-0.2, 0) is 4.79 Å². The number of rotatable bonds is 3. The van der Waals surface area contributed by atoms with Crippen molar-refractivity contribution in [3.8, 4) is 0 Å². The third-order valence-electron chi connectivity index (χ3n) is 5.55. The van der Waals surface area contributed by atoms with E-state index in [2.05, 4.69) is 17.6 Å². The molecule has 2 N–H and O–H groups in total. The smallest absolute Gasteiger partial charge is 0.262 e. The number of anilines is 1. The van der Waals surface area contributed by atoms with Crippen molar-refractivity contribution >= 4 is 46.9 Å². The van der Waals surface area contributed by atoms with Gasteiger partial charge in [0.1, 0.15) is 0 Å². The molecule has 1 saturated carbocycles. The van der Waals surface area contributed by atoms with E-state index in [4.69, 9.17) is 11.6 Å². The van der Waals surface area contributed by atoms with Crippen molar-refractivity contribution in [2.24, 2.45) is 5.92 Å². The monoisotopic (exact) mass is 426 g/mol. The van der Waals surface area contributed by atoms with Gasteiger partial charge < -0.3 is 10.6 Å². The Hall–Kier alpha value is -2.24. The highest BCUT2D eigenvalue weighted by Crippen LogP contribution is 2.40. The minimum absolute atomic E-state index is 0.0804. The van der Waals surface area contributed by atoms with E-state index in [1.807, 2.05) is 30.3 Å². The highest BCUT2D eigenvalue weighted by molar-refractivity contribution is 8.04. The predicted molar refractivity (Wildman–Crippen MR) is 119 cm³/mol. The lowest BCUT2D eigenvalue weighted by atomic mass is 9.86. The summed E-state index contributed by atoms with van der Waals surface area (Å²) in [4.78, 5) is 26.8. The van der Waals surface area contributed by atoms with Crippen molar-refractivity contribution < 1.29 is 9.59 Å². The van der Waals surface area contributed by atoms with Crippen LogP contribution in [0.15, 0.2) is 52.3 Å². The van der Waals surface area contributed by atoms with Gasteiger partial charge in [0.25, 0.3) is 11.8 Å². The predicted octanol–water partition coefficient (Wildman–Crippen LogP) is 5.73. The summed E-state index contributed by atoms with van der Waals surface area (Å²) in [5.74, 6) is 0.224. The van der Waals surface area contributed by atoms with Gasteiger partial charge >= 0.3 is 0 Å². The standard InChI is InChI=1S/C23H23ClN2O2S/c1-14-6-2-5-9-18(14)25-22(27)16-10-11-20-19(12-16)26-23(28)21(29-20)13-15-7-3-4-8-17(15)24/h3-4,7-8,10-14,18H,2,5-6,9H2,1H3,(H,25,27)(H,26,28)/b21-13+/t14-,18-/m0/s1. The van der Waals surface area contributed by atoms with E-state index >= 15 is 0 Å². The molecular weight excluding hydrogens is 404 g/mol. The van der Waals surface area contributed by atoms with Crippen LogP contribution in [-0.4, -0.2) is 17.9 Å². The lowest BCUT2D eigenvalue weighted by molar-refractivity contribution is -0.112. The largest absolute Gasteiger partial charge is 0.349 e. The summed E-state index contributed by atoms with van der Waals surface area (Å²) in [6.07, 6.45) is 6.37. The van der Waals surface area contributed by atoms with Crippen LogP contribution in [0.2, 0.25) is 5.02 Å². The molecule has 1 fully saturated rings. The van der Waals surface area contributed by atoms with Gasteiger partial charge in [0.15, 0.2) is 0 Å². The zero-order valence-corrected chi connectivity index (χ0v) is 17.8. The maximum Gasteiger partial charge on any atom is 0.262 e. The van der Waals surface area contributed by atoms with Crippen LogP contribution in [0, 0.1) is 5.92 Å². The topological polar surface area (TPSA) is 58.2 Å². The number of hydrogen-bond acceptors (Lipinski definition) is 3. The van der Waals surface area contributed by atoms with Crippen LogP contribution in [0.1, 0.15) is 48.5 Å². The molecule has 1 aliphatic heterocycles. The van der Waals surface area contributed by atoms with E-state index in [1.165, 1.54) is 18.2 Å². The SMILES string of the molecule is C[C@H]1CCCC[C@@H]1NC(=O)c1ccc2c(c1)NC(=O)/C(=C\c1ccccc1Cl)S2. The number of benzene rings is 2. The molecule has 150 valence electrons. The Balaban J connectivity index is 1.52. The van der Waals surface area contributed by atoms with E-state index < -0.39 is 0 Å². The minimum atomic E-state index is -0.194. The normalized spacial score (nSPS) is 22.7. The van der Waals surface area contributed by atoms with Gasteiger partial charge in [-0.25, -0.2) is 0 Å². The first-order chi connectivity index (χ1) is 14.0. The van der Waals surface area contributed by atoms with E-state index in [9.17, 15) is 9.59 Å². The summed E-state index contributed by atoms with van der Waals surface area (Å²) in [5.41, 5.74) is 2.04. The van der Waals surface area contributed by atoms with Gasteiger partial charge in [-0.15, -0.1) is 0 Å². The van der Waals surface area contributed by atoms with Crippen molar-refractivity contribution in [3.63, 3.8) is 0 Å². The van der Waals surface area contributed by atoms with E-state index in [1.54, 1.807) is 18.2 Å². The second-order valence-electron chi connectivity index (χ2n) is 7.64. The van der Waals surface area contributed by atoms with Crippen molar-refractivity contribution in [2.45, 2.75) is 43.5 Å². The maximum absolute atomic E-state index is 12.7. The number of amides is 2. The van der Waals surface area contributed by atoms with Crippen molar-refractivity contribution in [1.29, 1.82) is 0 Å². The number of hydrogen-bond donors (Lipinski definition) is 2. The van der Waals surface area contributed by atoms with Crippen LogP contribution < -0.4 is 10.6 Å². The Kier molecular flexibility index (Phi) is 5.97. The Morgan fingerprint density at radius 1 is 1.21 bits per heavy atom. The number of thioether (sulfide) groups is 1. The molecule has 0 bridgehead atoms. The molecule has 0 unspecified atom stereocenters. The second-order valence-corrected chi connectivity index (χ2v) is 9.13. The van der Waals surface area contributed by atoms with Crippen LogP contribution in [0.3, 0.4) is 0 Å². The Morgan fingerprint density at radius 2 is 2.00 bits per heavy atom. The zero-order chi connectivity index (χ0) is 20.4. The molecule has 2 aliphatic rings. The highest BCUT2D eigenvalue weighted by atomic mass is 35.5. The molecule has 1 aliphatic carbocycles. The summed E-state index contributed by atoms with van der Waals surface area (Å²) in [5, 5.41) is 6.67. The molecule has 0 saturated heterocycles. The quantitative estimate of drug-likeness (QED) is 0.616. The fourth-order valence-corrected chi connectivity index (χ4v) is 4.93. The van der Waals surface area contributed by atoms with Gasteiger partial charge in [0, 0.05) is 21.5 Å². The summed E-state index contributed by atoms with van der Waals surface area (Å²) in [7, 11) is 0. The van der Waals surface area contributed by atoms with Crippen molar-refractivity contribution in [1.82, 2.24) is 5.32 Å². The number of halogens is 1. The highest BCUT2D eigenvalue weighted by Gasteiger charge is 2.25. The lowest BCUT2D eigenvalue weighted by Crippen LogP contribution is -2.41. The molecule has 4 nitrogen and oxygen atoms in total. The molecule has 2 aromatic carbocycles. The second kappa shape index (κ2) is 8.64. The molecule has 2 atom stereocenters. The Morgan fingerprint density at radius 3 is 2.79 bits per heavy atom. The average Bonchev–Trinajstić information content (AvgIpc) is 2.71. The van der Waals surface area contributed by atoms with Gasteiger partial charge in [-0.2, -0.15) is 0 Å². The first-order valence-corrected chi connectivity index (χ1v) is 11.1. The van der Waals surface area contributed by atoms with E-state index in [-0.39, 0.29) is 17.9 Å². The van der Waals surface area contributed by atoms with Gasteiger partial charge in [0.05, 0.1) is 10.6 Å². The molecule has 2 aromatic rings. The van der Waals surface area contributed by atoms with E-state index in [0.717, 1.165) is 29.7 Å². The molecule has 6 heteroatoms. The maximum atomic E-state index is 12.7. The summed E-state index contributed by atoms with van der Waals surface area (Å²) in [6.45, 7) is 2.20. The Bertz CT molecular complexity index is 989. The fourth-order valence-electron chi connectivity index (χ4n) is 3.82. The minimum Gasteiger partial charge on any atom is -0.349 e. The van der Waals surface area contributed by atoms with Gasteiger partial charge in [-0.05, 0) is 54.7 Å². The third kappa shape index (κ3) is 4.51. The molecule has 29 heavy (non-hydrogen) atoms. The van der Waals surface area contributed by atoms with Gasteiger partial charge in [0.2, 0.25) is 0 Å². The molecule has 4 rings (SSSR count). The summed E-state index contributed by atoms with van der Waals surface area (Å²) in [6, 6.07) is 13.1. The third-order valence-corrected chi connectivity index (χ3v) is 7.00. The number of carbonyl (C=O) groups is 2. The number of nitrogens with one attached hydrogen (secondary N) is 2. The van der Waals surface area contributed by atoms with E-state index in [0.29, 0.717) is 27.1 Å². The van der Waals surface area contributed by atoms with Crippen LogP contribution in [0.5, 0.6) is 0 Å². The zero-order valence-electron chi connectivity index (χ0n) is 16.2. The van der Waals surface area contributed by atoms with Gasteiger partial charge in [-0.1, -0.05) is 61.3 Å². The molecule has 1 heterocycles. The summed E-state index contributed by atoms with van der Waals surface area (Å²) < 4.78 is 0. The van der Waals surface area contributed by atoms with Crippen LogP contribution in [0.4, 0.5) is 5.69 Å². The molecule has 0 radical (unpaired) electrons. The van der Waals surface area contributed by atoms with Crippen molar-refractivity contribution in [3.05, 3.63) is 63.5 Å². The van der Waals surface area contributed by atoms with Crippen LogP contribution >= 0.6 is 23.4 Å². The molecule has 2 amide bonds. The number of fused-ring (bicyclic) bond motifs is 1. The van der Waals surface area contributed by atoms with Gasteiger partial charge in [-0.3, -0.25) is 9.59 Å². The summed E-state index contributed by atoms with van der Waals surface area (Å²) >= 11 is 7.59. The lowest BCUT2D eigenvalue weighted by Gasteiger charge is -2.29. The molecule has 0 spiro atoms. The average molecular weight is 427 g/mol. The first-order valence-electron chi connectivity index (χ1n) is 9.91.